The molecule has 0 bridgehead atoms. The van der Waals surface area contributed by atoms with Gasteiger partial charge in [-0.05, 0) is 72.3 Å². The molecule has 0 spiro atoms. The van der Waals surface area contributed by atoms with Crippen LogP contribution < -0.4 is 11.1 Å². The Hall–Kier alpha value is -4.40. The Labute approximate surface area is 229 Å². The van der Waals surface area contributed by atoms with Gasteiger partial charge in [-0.15, -0.1) is 6.58 Å². The molecule has 3 aromatic carbocycles. The van der Waals surface area contributed by atoms with Crippen LogP contribution in [0, 0.1) is 0 Å². The van der Waals surface area contributed by atoms with Crippen molar-refractivity contribution in [1.82, 2.24) is 8.87 Å². The minimum atomic E-state index is -3.90. The van der Waals surface area contributed by atoms with Crippen molar-refractivity contribution in [3.05, 3.63) is 127 Å². The van der Waals surface area contributed by atoms with E-state index in [9.17, 15) is 13.2 Å². The predicted octanol–water partition coefficient (Wildman–Crippen LogP) is 5.56. The van der Waals surface area contributed by atoms with Crippen LogP contribution in [0.3, 0.4) is 0 Å². The molecule has 0 fully saturated rings. The van der Waals surface area contributed by atoms with Crippen LogP contribution in [-0.4, -0.2) is 37.3 Å². The molecular weight excluding hydrogens is 508 g/mol. The van der Waals surface area contributed by atoms with Gasteiger partial charge in [0.2, 0.25) is 15.9 Å². The molecule has 1 amide bonds. The van der Waals surface area contributed by atoms with Crippen LogP contribution in [0.25, 0.3) is 17.2 Å². The molecule has 4 rings (SSSR count). The Balaban J connectivity index is 1.63. The minimum absolute atomic E-state index is 0.376. The van der Waals surface area contributed by atoms with E-state index in [-0.39, 0.29) is 5.91 Å². The van der Waals surface area contributed by atoms with Crippen LogP contribution in [-0.2, 0) is 21.4 Å². The lowest BCUT2D eigenvalue weighted by Gasteiger charge is -2.21. The van der Waals surface area contributed by atoms with Crippen LogP contribution in [0.4, 0.5) is 11.4 Å². The zero-order valence-corrected chi connectivity index (χ0v) is 22.8. The van der Waals surface area contributed by atoms with Gasteiger partial charge in [0.05, 0.1) is 11.4 Å². The number of rotatable bonds is 10. The maximum absolute atomic E-state index is 13.8. The number of para-hydroxylation sites is 2. The lowest BCUT2D eigenvalue weighted by atomic mass is 9.97. The number of carbonyl (C=O) groups excluding carboxylic acids is 1. The fourth-order valence-electron chi connectivity index (χ4n) is 4.30. The molecular formula is C31H32N4O3S. The predicted molar refractivity (Wildman–Crippen MR) is 159 cm³/mol. The summed E-state index contributed by atoms with van der Waals surface area (Å²) in [4.78, 5) is 14.4. The third-order valence-corrected chi connectivity index (χ3v) is 8.11. The van der Waals surface area contributed by atoms with Crippen LogP contribution in [0.5, 0.6) is 0 Å². The van der Waals surface area contributed by atoms with Gasteiger partial charge < -0.3 is 16.0 Å². The van der Waals surface area contributed by atoms with Gasteiger partial charge in [-0.2, -0.15) is 0 Å². The molecule has 8 heteroatoms. The zero-order chi connectivity index (χ0) is 28.0. The van der Waals surface area contributed by atoms with Gasteiger partial charge >= 0.3 is 0 Å². The normalized spacial score (nSPS) is 12.5. The Kier molecular flexibility index (Phi) is 8.49. The van der Waals surface area contributed by atoms with E-state index in [1.807, 2.05) is 67.5 Å². The molecule has 0 aliphatic rings. The van der Waals surface area contributed by atoms with E-state index in [1.54, 1.807) is 36.4 Å². The first kappa shape index (κ1) is 27.6. The summed E-state index contributed by atoms with van der Waals surface area (Å²) >= 11 is 0. The van der Waals surface area contributed by atoms with Crippen LogP contribution in [0.15, 0.2) is 110 Å². The molecule has 3 N–H and O–H groups in total. The van der Waals surface area contributed by atoms with Crippen LogP contribution >= 0.6 is 0 Å². The Morgan fingerprint density at radius 1 is 1.03 bits per heavy atom. The number of nitrogens with zero attached hydrogens (tertiary/aromatic N) is 2. The summed E-state index contributed by atoms with van der Waals surface area (Å²) in [6.45, 7) is 4.46. The molecule has 4 aromatic rings. The summed E-state index contributed by atoms with van der Waals surface area (Å²) in [6.07, 6.45) is 7.31. The first-order valence-corrected chi connectivity index (χ1v) is 13.9. The monoisotopic (exact) mass is 540 g/mol. The maximum Gasteiger partial charge on any atom is 0.249 e. The van der Waals surface area contributed by atoms with Crippen molar-refractivity contribution in [3.8, 4) is 11.1 Å². The van der Waals surface area contributed by atoms with Crippen molar-refractivity contribution in [1.29, 1.82) is 0 Å². The van der Waals surface area contributed by atoms with E-state index >= 15 is 0 Å². The van der Waals surface area contributed by atoms with Crippen LogP contribution in [0.2, 0.25) is 0 Å². The molecule has 0 saturated heterocycles. The second-order valence-corrected chi connectivity index (χ2v) is 11.4. The van der Waals surface area contributed by atoms with Gasteiger partial charge in [0.25, 0.3) is 0 Å². The largest absolute Gasteiger partial charge is 0.397 e. The highest BCUT2D eigenvalue weighted by molar-refractivity contribution is 7.90. The van der Waals surface area contributed by atoms with Crippen molar-refractivity contribution in [3.63, 3.8) is 0 Å². The molecule has 200 valence electrons. The van der Waals surface area contributed by atoms with Gasteiger partial charge in [0.1, 0.15) is 5.25 Å². The highest BCUT2D eigenvalue weighted by Crippen LogP contribution is 2.33. The van der Waals surface area contributed by atoms with Gasteiger partial charge in [-0.3, -0.25) is 8.77 Å². The van der Waals surface area contributed by atoms with Gasteiger partial charge in [-0.1, -0.05) is 60.7 Å². The SMILES string of the molecule is C=CC(c1cc(-c2ccccc2)ccc1CN(C)C)S(=O)(=O)n1ccc(/C=C/C(=O)Nc2ccccc2N)c1. The maximum atomic E-state index is 13.8. The van der Waals surface area contributed by atoms with Crippen molar-refractivity contribution >= 4 is 33.4 Å². The van der Waals surface area contributed by atoms with Crippen molar-refractivity contribution in [2.75, 3.05) is 25.1 Å². The summed E-state index contributed by atoms with van der Waals surface area (Å²) in [5.41, 5.74) is 10.9. The number of nitrogen functional groups attached to an aromatic ring is 1. The molecule has 0 aliphatic carbocycles. The number of hydrogen-bond acceptors (Lipinski definition) is 5. The third-order valence-electron chi connectivity index (χ3n) is 6.21. The average molecular weight is 541 g/mol. The van der Waals surface area contributed by atoms with Gasteiger partial charge in [-0.25, -0.2) is 8.42 Å². The van der Waals surface area contributed by atoms with Gasteiger partial charge in [0.15, 0.2) is 0 Å². The summed E-state index contributed by atoms with van der Waals surface area (Å²) < 4.78 is 28.9. The van der Waals surface area contributed by atoms with E-state index in [0.29, 0.717) is 29.0 Å². The number of hydrogen-bond donors (Lipinski definition) is 2. The molecule has 1 atom stereocenters. The number of nitrogens with two attached hydrogens (primary N) is 1. The standard InChI is InChI=1S/C31H32N4O3S/c1-4-30(27-20-25(24-10-6-5-7-11-24)15-16-26(27)22-34(2)3)39(37,38)35-19-18-23(21-35)14-17-31(36)33-29-13-9-8-12-28(29)32/h4-21,30H,1,22,32H2,2-3H3,(H,33,36)/b17-14+. The van der Waals surface area contributed by atoms with E-state index in [4.69, 9.17) is 5.73 Å². The Morgan fingerprint density at radius 2 is 1.74 bits per heavy atom. The van der Waals surface area contributed by atoms with Crippen LogP contribution in [0.1, 0.15) is 21.9 Å². The number of benzene rings is 3. The number of carbonyl (C=O) groups is 1. The number of anilines is 2. The number of amides is 1. The second kappa shape index (κ2) is 12.0. The number of aromatic nitrogens is 1. The van der Waals surface area contributed by atoms with E-state index < -0.39 is 15.3 Å². The second-order valence-electron chi connectivity index (χ2n) is 9.40. The van der Waals surface area contributed by atoms with Crippen molar-refractivity contribution < 1.29 is 13.2 Å². The molecule has 39 heavy (non-hydrogen) atoms. The van der Waals surface area contributed by atoms with Crippen molar-refractivity contribution in [2.45, 2.75) is 11.8 Å². The third kappa shape index (κ3) is 6.54. The molecule has 7 nitrogen and oxygen atoms in total. The lowest BCUT2D eigenvalue weighted by Crippen LogP contribution is -2.21. The zero-order valence-electron chi connectivity index (χ0n) is 22.0. The summed E-state index contributed by atoms with van der Waals surface area (Å²) in [5.74, 6) is -0.376. The lowest BCUT2D eigenvalue weighted by molar-refractivity contribution is -0.111. The quantitative estimate of drug-likeness (QED) is 0.156. The van der Waals surface area contributed by atoms with Crippen molar-refractivity contribution in [2.24, 2.45) is 0 Å². The van der Waals surface area contributed by atoms with E-state index in [0.717, 1.165) is 16.7 Å². The molecule has 0 radical (unpaired) electrons. The molecule has 1 heterocycles. The first-order valence-electron chi connectivity index (χ1n) is 12.4. The molecule has 1 unspecified atom stereocenters. The number of nitrogens with one attached hydrogen (secondary N) is 1. The smallest absolute Gasteiger partial charge is 0.249 e. The Morgan fingerprint density at radius 3 is 2.44 bits per heavy atom. The molecule has 0 saturated carbocycles. The first-order chi connectivity index (χ1) is 18.7. The summed E-state index contributed by atoms with van der Waals surface area (Å²) in [7, 11) is -0.0170. The fraction of sp³-hybridized carbons (Fsp3) is 0.129. The highest BCUT2D eigenvalue weighted by Gasteiger charge is 2.28. The van der Waals surface area contributed by atoms with E-state index in [1.165, 1.54) is 28.5 Å². The molecule has 1 aromatic heterocycles. The topological polar surface area (TPSA) is 97.4 Å². The minimum Gasteiger partial charge on any atom is -0.397 e. The fourth-order valence-corrected chi connectivity index (χ4v) is 5.85. The van der Waals surface area contributed by atoms with Gasteiger partial charge in [0, 0.05) is 25.0 Å². The van der Waals surface area contributed by atoms with E-state index in [2.05, 4.69) is 11.9 Å². The summed E-state index contributed by atoms with van der Waals surface area (Å²) in [6, 6.07) is 24.4. The Bertz CT molecular complexity index is 1610. The summed E-state index contributed by atoms with van der Waals surface area (Å²) in [5, 5.41) is 1.73. The molecule has 0 aliphatic heterocycles. The highest BCUT2D eigenvalue weighted by atomic mass is 32.2. The average Bonchev–Trinajstić information content (AvgIpc) is 3.40.